The summed E-state index contributed by atoms with van der Waals surface area (Å²) in [4.78, 5) is 14.0. The summed E-state index contributed by atoms with van der Waals surface area (Å²) in [5.74, 6) is 0.0612. The SMILES string of the molecule is CCN(CC)CC(=O)Nc1c(C)cccc1C.CCOC1O[C@H]([C@@H](COCc2ccccc2)OCc2ccccc2)[C@H](OCc2ccccc2)[C@H]1O. The van der Waals surface area contributed by atoms with E-state index in [9.17, 15) is 9.90 Å². The maximum Gasteiger partial charge on any atom is 0.238 e. The number of likely N-dealkylation sites (N-methyl/N-ethyl adjacent to an activating group) is 1. The van der Waals surface area contributed by atoms with Crippen molar-refractivity contribution in [2.75, 3.05) is 38.2 Å². The second kappa shape index (κ2) is 22.2. The van der Waals surface area contributed by atoms with Crippen molar-refractivity contribution in [1.82, 2.24) is 4.90 Å². The van der Waals surface area contributed by atoms with Gasteiger partial charge in [0.1, 0.15) is 24.4 Å². The molecule has 0 spiro atoms. The quantitative estimate of drug-likeness (QED) is 0.113. The number of ether oxygens (including phenoxy) is 5. The predicted octanol–water partition coefficient (Wildman–Crippen LogP) is 7.08. The summed E-state index contributed by atoms with van der Waals surface area (Å²) in [6.07, 6.45) is -3.40. The van der Waals surface area contributed by atoms with Gasteiger partial charge in [-0.15, -0.1) is 0 Å². The van der Waals surface area contributed by atoms with Crippen LogP contribution in [0.3, 0.4) is 0 Å². The Morgan fingerprint density at radius 3 is 1.83 bits per heavy atom. The largest absolute Gasteiger partial charge is 0.385 e. The number of hydrogen-bond acceptors (Lipinski definition) is 8. The Kier molecular flexibility index (Phi) is 17.4. The third-order valence-corrected chi connectivity index (χ3v) is 8.92. The number of rotatable bonds is 18. The number of nitrogens with zero attached hydrogens (tertiary/aromatic N) is 1. The smallest absolute Gasteiger partial charge is 0.238 e. The molecule has 5 rings (SSSR count). The van der Waals surface area contributed by atoms with Gasteiger partial charge in [-0.2, -0.15) is 0 Å². The zero-order chi connectivity index (χ0) is 37.1. The van der Waals surface area contributed by atoms with Crippen LogP contribution in [0, 0.1) is 13.8 Å². The average Bonchev–Trinajstić information content (AvgIpc) is 3.48. The minimum Gasteiger partial charge on any atom is -0.385 e. The molecule has 1 saturated heterocycles. The van der Waals surface area contributed by atoms with E-state index in [-0.39, 0.29) is 12.5 Å². The third-order valence-electron chi connectivity index (χ3n) is 8.92. The zero-order valence-corrected chi connectivity index (χ0v) is 31.3. The van der Waals surface area contributed by atoms with E-state index in [0.717, 1.165) is 46.6 Å². The highest BCUT2D eigenvalue weighted by atomic mass is 16.7. The number of aliphatic hydroxyl groups is 1. The van der Waals surface area contributed by atoms with Crippen molar-refractivity contribution < 1.29 is 33.6 Å². The molecule has 52 heavy (non-hydrogen) atoms. The number of nitrogens with one attached hydrogen (secondary N) is 1. The van der Waals surface area contributed by atoms with Crippen LogP contribution in [0.5, 0.6) is 0 Å². The minimum absolute atomic E-state index is 0.0612. The second-order valence-corrected chi connectivity index (χ2v) is 12.8. The molecule has 1 aliphatic rings. The summed E-state index contributed by atoms with van der Waals surface area (Å²) in [6.45, 7) is 14.2. The number of hydrogen-bond donors (Lipinski definition) is 2. The van der Waals surface area contributed by atoms with E-state index in [0.29, 0.717) is 33.0 Å². The van der Waals surface area contributed by atoms with Crippen LogP contribution in [0.4, 0.5) is 5.69 Å². The molecule has 9 heteroatoms. The molecule has 0 aromatic heterocycles. The van der Waals surface area contributed by atoms with E-state index in [1.54, 1.807) is 0 Å². The van der Waals surface area contributed by atoms with Gasteiger partial charge in [0.25, 0.3) is 0 Å². The Morgan fingerprint density at radius 2 is 1.29 bits per heavy atom. The molecule has 0 radical (unpaired) electrons. The summed E-state index contributed by atoms with van der Waals surface area (Å²) in [7, 11) is 0. The fourth-order valence-corrected chi connectivity index (χ4v) is 5.95. The number of aliphatic hydroxyl groups excluding tert-OH is 1. The number of carbonyl (C=O) groups is 1. The maximum absolute atomic E-state index is 11.9. The van der Waals surface area contributed by atoms with Gasteiger partial charge < -0.3 is 34.1 Å². The van der Waals surface area contributed by atoms with Gasteiger partial charge in [-0.25, -0.2) is 0 Å². The zero-order valence-electron chi connectivity index (χ0n) is 31.3. The van der Waals surface area contributed by atoms with Gasteiger partial charge in [-0.05, 0) is 61.7 Å². The van der Waals surface area contributed by atoms with Crippen molar-refractivity contribution in [1.29, 1.82) is 0 Å². The van der Waals surface area contributed by atoms with Crippen LogP contribution in [-0.2, 0) is 48.3 Å². The summed E-state index contributed by atoms with van der Waals surface area (Å²) >= 11 is 0. The van der Waals surface area contributed by atoms with Gasteiger partial charge >= 0.3 is 0 Å². The van der Waals surface area contributed by atoms with Crippen molar-refractivity contribution in [3.8, 4) is 0 Å². The Morgan fingerprint density at radius 1 is 0.750 bits per heavy atom. The van der Waals surface area contributed by atoms with E-state index in [1.165, 1.54) is 0 Å². The predicted molar refractivity (Wildman–Crippen MR) is 205 cm³/mol. The topological polar surface area (TPSA) is 98.7 Å². The monoisotopic (exact) mass is 712 g/mol. The Balaban J connectivity index is 0.000000299. The lowest BCUT2D eigenvalue weighted by atomic mass is 10.1. The molecule has 1 amide bonds. The first-order valence-corrected chi connectivity index (χ1v) is 18.3. The van der Waals surface area contributed by atoms with Crippen molar-refractivity contribution in [3.63, 3.8) is 0 Å². The van der Waals surface area contributed by atoms with E-state index >= 15 is 0 Å². The van der Waals surface area contributed by atoms with E-state index in [2.05, 4.69) is 24.1 Å². The fourth-order valence-electron chi connectivity index (χ4n) is 5.95. The first kappa shape index (κ1) is 40.8. The summed E-state index contributed by atoms with van der Waals surface area (Å²) in [6, 6.07) is 35.8. The lowest BCUT2D eigenvalue weighted by molar-refractivity contribution is -0.189. The second-order valence-electron chi connectivity index (χ2n) is 12.8. The first-order chi connectivity index (χ1) is 25.3. The van der Waals surface area contributed by atoms with Crippen LogP contribution in [0.15, 0.2) is 109 Å². The molecule has 4 aromatic rings. The van der Waals surface area contributed by atoms with Gasteiger partial charge in [-0.1, -0.05) is 123 Å². The summed E-state index contributed by atoms with van der Waals surface area (Å²) in [5.41, 5.74) is 6.30. The number of para-hydroxylation sites is 1. The molecule has 0 saturated carbocycles. The van der Waals surface area contributed by atoms with E-state index in [4.69, 9.17) is 23.7 Å². The van der Waals surface area contributed by atoms with Crippen LogP contribution in [0.25, 0.3) is 0 Å². The third kappa shape index (κ3) is 12.9. The van der Waals surface area contributed by atoms with Gasteiger partial charge in [0.2, 0.25) is 5.91 Å². The van der Waals surface area contributed by atoms with Gasteiger partial charge in [0.15, 0.2) is 6.29 Å². The Hall–Kier alpha value is -3.93. The molecule has 1 aliphatic heterocycles. The van der Waals surface area contributed by atoms with Crippen LogP contribution in [-0.4, -0.2) is 79.5 Å². The molecule has 0 bridgehead atoms. The summed E-state index contributed by atoms with van der Waals surface area (Å²) in [5, 5.41) is 14.0. The van der Waals surface area contributed by atoms with Gasteiger partial charge in [0, 0.05) is 12.3 Å². The van der Waals surface area contributed by atoms with E-state index in [1.807, 2.05) is 130 Å². The molecule has 1 fully saturated rings. The molecule has 2 N–H and O–H groups in total. The number of anilines is 1. The van der Waals surface area contributed by atoms with Crippen LogP contribution in [0.2, 0.25) is 0 Å². The molecule has 0 aliphatic carbocycles. The van der Waals surface area contributed by atoms with Gasteiger partial charge in [-0.3, -0.25) is 9.69 Å². The Labute approximate surface area is 309 Å². The average molecular weight is 713 g/mol. The van der Waals surface area contributed by atoms with Crippen LogP contribution in [0.1, 0.15) is 48.6 Å². The van der Waals surface area contributed by atoms with Crippen molar-refractivity contribution in [2.24, 2.45) is 0 Å². The Bertz CT molecular complexity index is 1550. The van der Waals surface area contributed by atoms with Crippen molar-refractivity contribution in [3.05, 3.63) is 137 Å². The molecule has 1 unspecified atom stereocenters. The molecule has 280 valence electrons. The minimum atomic E-state index is -0.944. The summed E-state index contributed by atoms with van der Waals surface area (Å²) < 4.78 is 30.4. The van der Waals surface area contributed by atoms with Crippen molar-refractivity contribution >= 4 is 11.6 Å². The normalized spacial score (nSPS) is 18.8. The highest BCUT2D eigenvalue weighted by Crippen LogP contribution is 2.30. The fraction of sp³-hybridized carbons (Fsp3) is 0.419. The van der Waals surface area contributed by atoms with Crippen LogP contribution >= 0.6 is 0 Å². The van der Waals surface area contributed by atoms with Gasteiger partial charge in [0.05, 0.1) is 33.0 Å². The first-order valence-electron chi connectivity index (χ1n) is 18.3. The number of carbonyl (C=O) groups excluding carboxylic acids is 1. The van der Waals surface area contributed by atoms with E-state index < -0.39 is 30.7 Å². The number of benzene rings is 4. The van der Waals surface area contributed by atoms with Crippen LogP contribution < -0.4 is 5.32 Å². The maximum atomic E-state index is 11.9. The van der Waals surface area contributed by atoms with Crippen molar-refractivity contribution in [2.45, 2.75) is 85.1 Å². The number of amides is 1. The molecule has 9 nitrogen and oxygen atoms in total. The highest BCUT2D eigenvalue weighted by Gasteiger charge is 2.49. The molecular formula is C43H56N2O7. The molecular weight excluding hydrogens is 656 g/mol. The molecule has 4 aromatic carbocycles. The molecule has 1 heterocycles. The highest BCUT2D eigenvalue weighted by molar-refractivity contribution is 5.93. The lowest BCUT2D eigenvalue weighted by Crippen LogP contribution is -2.44. The standard InChI is InChI=1S/C29H34O6.C14H22N2O/c1-2-32-29-26(30)28(34-20-24-16-10-5-11-17-24)27(35-29)25(33-19-23-14-8-4-9-15-23)21-31-18-22-12-6-3-7-13-22;1-5-16(6-2)10-13(17)15-14-11(3)8-7-9-12(14)4/h3-17,25-30H,2,18-21H2,1H3;7-9H,5-6,10H2,1-4H3,(H,15,17)/t25-,26-,27-,28-,29?;/m1./s1. The number of aryl methyl sites for hydroxylation is 2. The molecule has 5 atom stereocenters. The lowest BCUT2D eigenvalue weighted by Gasteiger charge is -2.28.